The summed E-state index contributed by atoms with van der Waals surface area (Å²) in [5, 5.41) is 5.83. The molecule has 0 radical (unpaired) electrons. The first-order valence-corrected chi connectivity index (χ1v) is 8.61. The number of amides is 2. The van der Waals surface area contributed by atoms with Crippen LogP contribution in [0.2, 0.25) is 0 Å². The Bertz CT molecular complexity index is 747. The molecule has 0 unspecified atom stereocenters. The van der Waals surface area contributed by atoms with E-state index in [1.54, 1.807) is 18.2 Å². The maximum absolute atomic E-state index is 11.9. The number of hydrogen-bond donors (Lipinski definition) is 2. The van der Waals surface area contributed by atoms with E-state index >= 15 is 0 Å². The van der Waals surface area contributed by atoms with Crippen molar-refractivity contribution in [3.8, 4) is 0 Å². The van der Waals surface area contributed by atoms with Gasteiger partial charge in [-0.1, -0.05) is 42.5 Å². The largest absolute Gasteiger partial charge is 0.352 e. The average molecular weight is 334 g/mol. The number of hydrogen-bond acceptors (Lipinski definition) is 2. The molecule has 1 aliphatic carbocycles. The van der Waals surface area contributed by atoms with E-state index in [2.05, 4.69) is 10.6 Å². The third-order valence-electron chi connectivity index (χ3n) is 4.07. The molecule has 4 nitrogen and oxygen atoms in total. The molecule has 1 saturated carbocycles. The third-order valence-corrected chi connectivity index (χ3v) is 4.07. The van der Waals surface area contributed by atoms with Gasteiger partial charge in [0, 0.05) is 24.2 Å². The number of benzene rings is 2. The number of nitrogens with one attached hydrogen (secondary N) is 2. The fraction of sp³-hybridized carbons (Fsp3) is 0.238. The lowest BCUT2D eigenvalue weighted by atomic mass is 10.1. The monoisotopic (exact) mass is 334 g/mol. The van der Waals surface area contributed by atoms with Gasteiger partial charge in [-0.2, -0.15) is 0 Å². The molecule has 2 amide bonds. The van der Waals surface area contributed by atoms with Gasteiger partial charge in [-0.25, -0.2) is 0 Å². The van der Waals surface area contributed by atoms with Crippen molar-refractivity contribution in [2.24, 2.45) is 0 Å². The lowest BCUT2D eigenvalue weighted by Gasteiger charge is -2.04. The van der Waals surface area contributed by atoms with Gasteiger partial charge < -0.3 is 10.6 Å². The summed E-state index contributed by atoms with van der Waals surface area (Å²) in [5.41, 5.74) is 2.74. The Morgan fingerprint density at radius 2 is 1.72 bits per heavy atom. The molecule has 2 aromatic rings. The van der Waals surface area contributed by atoms with Crippen molar-refractivity contribution in [3.05, 3.63) is 77.4 Å². The summed E-state index contributed by atoms with van der Waals surface area (Å²) in [7, 11) is 0. The van der Waals surface area contributed by atoms with Crippen LogP contribution in [-0.4, -0.2) is 24.4 Å². The highest BCUT2D eigenvalue weighted by Crippen LogP contribution is 2.19. The Balaban J connectivity index is 1.44. The topological polar surface area (TPSA) is 58.2 Å². The Labute approximate surface area is 148 Å². The zero-order valence-electron chi connectivity index (χ0n) is 14.1. The van der Waals surface area contributed by atoms with Crippen molar-refractivity contribution >= 4 is 17.9 Å². The minimum atomic E-state index is -0.119. The predicted molar refractivity (Wildman–Crippen MR) is 99.1 cm³/mol. The van der Waals surface area contributed by atoms with Crippen LogP contribution >= 0.6 is 0 Å². The van der Waals surface area contributed by atoms with Crippen LogP contribution in [-0.2, 0) is 11.2 Å². The van der Waals surface area contributed by atoms with E-state index in [4.69, 9.17) is 0 Å². The second-order valence-corrected chi connectivity index (χ2v) is 6.23. The lowest BCUT2D eigenvalue weighted by molar-refractivity contribution is -0.116. The van der Waals surface area contributed by atoms with Gasteiger partial charge in [0.1, 0.15) is 0 Å². The Morgan fingerprint density at radius 1 is 1.00 bits per heavy atom. The Morgan fingerprint density at radius 3 is 2.40 bits per heavy atom. The number of rotatable bonds is 7. The van der Waals surface area contributed by atoms with Gasteiger partial charge in [0.15, 0.2) is 0 Å². The highest BCUT2D eigenvalue weighted by Gasteiger charge is 2.23. The summed E-state index contributed by atoms with van der Waals surface area (Å²) in [6.45, 7) is 0.605. The second kappa shape index (κ2) is 8.29. The molecule has 2 aromatic carbocycles. The van der Waals surface area contributed by atoms with Crippen LogP contribution in [0.15, 0.2) is 60.7 Å². The first-order chi connectivity index (χ1) is 12.2. The summed E-state index contributed by atoms with van der Waals surface area (Å²) in [4.78, 5) is 23.8. The van der Waals surface area contributed by atoms with Gasteiger partial charge in [0.05, 0.1) is 0 Å². The molecule has 1 fully saturated rings. The van der Waals surface area contributed by atoms with Crippen LogP contribution in [0, 0.1) is 0 Å². The van der Waals surface area contributed by atoms with Crippen molar-refractivity contribution in [1.82, 2.24) is 10.6 Å². The zero-order valence-corrected chi connectivity index (χ0v) is 14.1. The fourth-order valence-electron chi connectivity index (χ4n) is 2.45. The SMILES string of the molecule is O=C(/C=C/c1ccc(C(=O)NC2CC2)cc1)NCCc1ccccc1. The molecule has 4 heteroatoms. The van der Waals surface area contributed by atoms with Crippen molar-refractivity contribution < 1.29 is 9.59 Å². The highest BCUT2D eigenvalue weighted by atomic mass is 16.2. The average Bonchev–Trinajstić information content (AvgIpc) is 3.45. The molecule has 3 rings (SSSR count). The molecule has 0 spiro atoms. The van der Waals surface area contributed by atoms with Crippen molar-refractivity contribution in [3.63, 3.8) is 0 Å². The first kappa shape index (κ1) is 17.0. The molecule has 0 atom stereocenters. The normalized spacial score (nSPS) is 13.6. The summed E-state index contributed by atoms with van der Waals surface area (Å²) in [6.07, 6.45) is 6.23. The van der Waals surface area contributed by atoms with Gasteiger partial charge in [0.2, 0.25) is 5.91 Å². The number of carbonyl (C=O) groups is 2. The van der Waals surface area contributed by atoms with Crippen LogP contribution in [0.3, 0.4) is 0 Å². The van der Waals surface area contributed by atoms with Gasteiger partial charge in [0.25, 0.3) is 5.91 Å². The quantitative estimate of drug-likeness (QED) is 0.765. The van der Waals surface area contributed by atoms with E-state index in [1.165, 1.54) is 11.6 Å². The van der Waals surface area contributed by atoms with Crippen LogP contribution < -0.4 is 10.6 Å². The molecule has 25 heavy (non-hydrogen) atoms. The van der Waals surface area contributed by atoms with Gasteiger partial charge in [-0.05, 0) is 48.6 Å². The summed E-state index contributed by atoms with van der Waals surface area (Å²) in [6, 6.07) is 17.7. The Hall–Kier alpha value is -2.88. The van der Waals surface area contributed by atoms with Gasteiger partial charge in [-0.3, -0.25) is 9.59 Å². The molecule has 1 aliphatic rings. The molecule has 0 saturated heterocycles. The van der Waals surface area contributed by atoms with Crippen LogP contribution in [0.5, 0.6) is 0 Å². The van der Waals surface area contributed by atoms with E-state index in [-0.39, 0.29) is 11.8 Å². The van der Waals surface area contributed by atoms with Crippen LogP contribution in [0.1, 0.15) is 34.3 Å². The molecule has 0 bridgehead atoms. The van der Waals surface area contributed by atoms with E-state index in [0.29, 0.717) is 18.2 Å². The van der Waals surface area contributed by atoms with E-state index in [0.717, 1.165) is 24.8 Å². The predicted octanol–water partition coefficient (Wildman–Crippen LogP) is 2.95. The number of carbonyl (C=O) groups excluding carboxylic acids is 2. The highest BCUT2D eigenvalue weighted by molar-refractivity contribution is 5.95. The molecular formula is C21H22N2O2. The van der Waals surface area contributed by atoms with E-state index < -0.39 is 0 Å². The fourth-order valence-corrected chi connectivity index (χ4v) is 2.45. The van der Waals surface area contributed by atoms with Crippen LogP contribution in [0.4, 0.5) is 0 Å². The minimum Gasteiger partial charge on any atom is -0.352 e. The molecule has 2 N–H and O–H groups in total. The third kappa shape index (κ3) is 5.60. The molecular weight excluding hydrogens is 312 g/mol. The smallest absolute Gasteiger partial charge is 0.251 e. The van der Waals surface area contributed by atoms with Gasteiger partial charge >= 0.3 is 0 Å². The summed E-state index contributed by atoms with van der Waals surface area (Å²) in [5.74, 6) is -0.150. The summed E-state index contributed by atoms with van der Waals surface area (Å²) < 4.78 is 0. The minimum absolute atomic E-state index is 0.0308. The van der Waals surface area contributed by atoms with E-state index in [9.17, 15) is 9.59 Å². The molecule has 0 heterocycles. The van der Waals surface area contributed by atoms with Crippen molar-refractivity contribution in [2.45, 2.75) is 25.3 Å². The zero-order chi connectivity index (χ0) is 17.5. The maximum Gasteiger partial charge on any atom is 0.251 e. The second-order valence-electron chi connectivity index (χ2n) is 6.23. The molecule has 0 aromatic heterocycles. The standard InChI is InChI=1S/C21H22N2O2/c24-20(22-15-14-16-4-2-1-3-5-16)13-8-17-6-9-18(10-7-17)21(25)23-19-11-12-19/h1-10,13,19H,11-12,14-15H2,(H,22,24)(H,23,25)/b13-8+. The molecule has 128 valence electrons. The molecule has 0 aliphatic heterocycles. The first-order valence-electron chi connectivity index (χ1n) is 8.61. The van der Waals surface area contributed by atoms with Crippen LogP contribution in [0.25, 0.3) is 6.08 Å². The van der Waals surface area contributed by atoms with Gasteiger partial charge in [-0.15, -0.1) is 0 Å². The van der Waals surface area contributed by atoms with Crippen molar-refractivity contribution in [2.75, 3.05) is 6.54 Å². The summed E-state index contributed by atoms with van der Waals surface area (Å²) >= 11 is 0. The van der Waals surface area contributed by atoms with E-state index in [1.807, 2.05) is 42.5 Å². The maximum atomic E-state index is 11.9. The van der Waals surface area contributed by atoms with Crippen molar-refractivity contribution in [1.29, 1.82) is 0 Å². The Kier molecular flexibility index (Phi) is 5.62. The lowest BCUT2D eigenvalue weighted by Crippen LogP contribution is -2.25.